The van der Waals surface area contributed by atoms with Crippen molar-refractivity contribution in [3.63, 3.8) is 0 Å². The van der Waals surface area contributed by atoms with Gasteiger partial charge in [-0.1, -0.05) is 41.5 Å². The van der Waals surface area contributed by atoms with Crippen LogP contribution in [0.2, 0.25) is 16.6 Å². The van der Waals surface area contributed by atoms with Gasteiger partial charge in [-0.2, -0.15) is 0 Å². The molecule has 1 aromatic rings. The van der Waals surface area contributed by atoms with Crippen molar-refractivity contribution >= 4 is 14.3 Å². The number of carboxylic acids is 1. The summed E-state index contributed by atoms with van der Waals surface area (Å²) in [6, 6.07) is 4.81. The Labute approximate surface area is 134 Å². The number of ether oxygens (including phenoxy) is 1. The van der Waals surface area contributed by atoms with Crippen LogP contribution in [-0.2, 0) is 0 Å². The van der Waals surface area contributed by atoms with E-state index < -0.39 is 14.3 Å². The van der Waals surface area contributed by atoms with Gasteiger partial charge in [-0.25, -0.2) is 4.79 Å². The molecule has 0 amide bonds. The van der Waals surface area contributed by atoms with Crippen LogP contribution in [0.15, 0.2) is 18.2 Å². The quantitative estimate of drug-likeness (QED) is 0.721. The zero-order chi connectivity index (χ0) is 17.1. The maximum atomic E-state index is 11.1. The first-order valence-corrected chi connectivity index (χ1v) is 9.91. The Bertz CT molecular complexity index is 502. The van der Waals surface area contributed by atoms with Crippen molar-refractivity contribution in [1.29, 1.82) is 0 Å². The van der Waals surface area contributed by atoms with E-state index in [9.17, 15) is 4.79 Å². The van der Waals surface area contributed by atoms with Crippen molar-refractivity contribution in [3.8, 4) is 11.5 Å². The number of rotatable bonds is 7. The van der Waals surface area contributed by atoms with Gasteiger partial charge >= 0.3 is 5.97 Å². The summed E-state index contributed by atoms with van der Waals surface area (Å²) in [5.41, 5.74) is 1.53. The number of carboxylic acid groups (broad SMARTS) is 1. The van der Waals surface area contributed by atoms with E-state index >= 15 is 0 Å². The zero-order valence-corrected chi connectivity index (χ0v) is 15.6. The van der Waals surface area contributed by atoms with E-state index in [0.29, 0.717) is 28.1 Å². The summed E-state index contributed by atoms with van der Waals surface area (Å²) in [5, 5.41) is 9.11. The molecule has 1 rings (SSSR count). The van der Waals surface area contributed by atoms with Crippen LogP contribution in [0.5, 0.6) is 11.5 Å². The number of hydrogen-bond donors (Lipinski definition) is 1. The normalized spacial score (nSPS) is 12.1. The summed E-state index contributed by atoms with van der Waals surface area (Å²) in [6.45, 7) is 13.3. The van der Waals surface area contributed by atoms with Gasteiger partial charge in [0.15, 0.2) is 5.75 Å². The number of aromatic carboxylic acids is 1. The maximum absolute atomic E-state index is 11.1. The van der Waals surface area contributed by atoms with Gasteiger partial charge in [0, 0.05) is 0 Å². The van der Waals surface area contributed by atoms with Gasteiger partial charge in [0.2, 0.25) is 0 Å². The maximum Gasteiger partial charge on any atom is 0.335 e. The van der Waals surface area contributed by atoms with Crippen molar-refractivity contribution in [1.82, 2.24) is 0 Å². The molecule has 124 valence electrons. The molecule has 0 fully saturated rings. The van der Waals surface area contributed by atoms with E-state index in [1.807, 2.05) is 0 Å². The first kappa shape index (κ1) is 18.6. The van der Waals surface area contributed by atoms with Gasteiger partial charge in [0.05, 0.1) is 12.7 Å². The van der Waals surface area contributed by atoms with Gasteiger partial charge in [0.25, 0.3) is 8.32 Å². The smallest absolute Gasteiger partial charge is 0.335 e. The number of benzene rings is 1. The molecule has 1 N–H and O–H groups in total. The van der Waals surface area contributed by atoms with Crippen molar-refractivity contribution in [2.75, 3.05) is 7.11 Å². The summed E-state index contributed by atoms with van der Waals surface area (Å²) in [4.78, 5) is 11.1. The molecule has 0 unspecified atom stereocenters. The Morgan fingerprint density at radius 1 is 1.00 bits per heavy atom. The van der Waals surface area contributed by atoms with Crippen LogP contribution in [0, 0.1) is 0 Å². The second-order valence-electron chi connectivity index (χ2n) is 6.59. The monoisotopic (exact) mass is 324 g/mol. The van der Waals surface area contributed by atoms with Crippen LogP contribution < -0.4 is 9.16 Å². The SMILES string of the molecule is COc1cc(C(=O)O)ccc1O[Si](C(C)C)(C(C)C)C(C)C. The lowest BCUT2D eigenvalue weighted by Gasteiger charge is -2.42. The molecule has 0 aliphatic carbocycles. The second kappa shape index (κ2) is 7.18. The molecule has 0 spiro atoms. The summed E-state index contributed by atoms with van der Waals surface area (Å²) in [7, 11) is -0.549. The minimum absolute atomic E-state index is 0.204. The Morgan fingerprint density at radius 3 is 1.86 bits per heavy atom. The lowest BCUT2D eigenvalue weighted by atomic mass is 10.2. The van der Waals surface area contributed by atoms with Gasteiger partial charge in [0.1, 0.15) is 5.75 Å². The number of hydrogen-bond acceptors (Lipinski definition) is 3. The van der Waals surface area contributed by atoms with Gasteiger partial charge < -0.3 is 14.3 Å². The highest BCUT2D eigenvalue weighted by molar-refractivity contribution is 6.78. The van der Waals surface area contributed by atoms with Gasteiger partial charge in [-0.15, -0.1) is 0 Å². The molecular weight excluding hydrogens is 296 g/mol. The largest absolute Gasteiger partial charge is 0.540 e. The van der Waals surface area contributed by atoms with E-state index in [-0.39, 0.29) is 5.56 Å². The van der Waals surface area contributed by atoms with Crippen molar-refractivity contribution < 1.29 is 19.1 Å². The van der Waals surface area contributed by atoms with Crippen LogP contribution >= 0.6 is 0 Å². The minimum atomic E-state index is -2.09. The average molecular weight is 324 g/mol. The Kier molecular flexibility index (Phi) is 6.05. The number of methoxy groups -OCH3 is 1. The highest BCUT2D eigenvalue weighted by Gasteiger charge is 2.47. The first-order chi connectivity index (χ1) is 10.2. The predicted molar refractivity (Wildman–Crippen MR) is 91.6 cm³/mol. The molecule has 0 saturated heterocycles. The molecule has 0 aliphatic rings. The molecule has 0 aliphatic heterocycles. The fourth-order valence-corrected chi connectivity index (χ4v) is 8.69. The molecule has 0 bridgehead atoms. The van der Waals surface area contributed by atoms with Crippen LogP contribution in [0.1, 0.15) is 51.9 Å². The van der Waals surface area contributed by atoms with Crippen LogP contribution in [0.4, 0.5) is 0 Å². The molecule has 0 radical (unpaired) electrons. The molecule has 0 saturated carbocycles. The standard InChI is InChI=1S/C17H28O4Si/c1-11(2)22(12(3)4,13(5)6)21-15-9-8-14(17(18)19)10-16(15)20-7/h8-13H,1-7H3,(H,18,19). The van der Waals surface area contributed by atoms with Crippen molar-refractivity contribution in [2.24, 2.45) is 0 Å². The summed E-state index contributed by atoms with van der Waals surface area (Å²) in [6.07, 6.45) is 0. The highest BCUT2D eigenvalue weighted by Crippen LogP contribution is 2.44. The Hall–Kier alpha value is -1.49. The van der Waals surface area contributed by atoms with E-state index in [0.717, 1.165) is 0 Å². The van der Waals surface area contributed by atoms with E-state index in [1.165, 1.54) is 13.2 Å². The minimum Gasteiger partial charge on any atom is -0.540 e. The lowest BCUT2D eigenvalue weighted by molar-refractivity contribution is 0.0696. The van der Waals surface area contributed by atoms with Crippen LogP contribution in [0.3, 0.4) is 0 Å². The first-order valence-electron chi connectivity index (χ1n) is 7.77. The van der Waals surface area contributed by atoms with Gasteiger partial charge in [-0.05, 0) is 34.8 Å². The van der Waals surface area contributed by atoms with E-state index in [1.54, 1.807) is 12.1 Å². The van der Waals surface area contributed by atoms with Crippen LogP contribution in [-0.4, -0.2) is 26.5 Å². The van der Waals surface area contributed by atoms with E-state index in [2.05, 4.69) is 41.5 Å². The third kappa shape index (κ3) is 3.46. The van der Waals surface area contributed by atoms with Crippen molar-refractivity contribution in [2.45, 2.75) is 58.2 Å². The predicted octanol–water partition coefficient (Wildman–Crippen LogP) is 4.95. The zero-order valence-electron chi connectivity index (χ0n) is 14.6. The molecule has 0 heterocycles. The summed E-state index contributed by atoms with van der Waals surface area (Å²) >= 11 is 0. The lowest BCUT2D eigenvalue weighted by Crippen LogP contribution is -2.50. The Balaban J connectivity index is 3.32. The molecule has 0 atom stereocenters. The molecule has 22 heavy (non-hydrogen) atoms. The summed E-state index contributed by atoms with van der Waals surface area (Å²) < 4.78 is 11.9. The molecule has 4 nitrogen and oxygen atoms in total. The summed E-state index contributed by atoms with van der Waals surface area (Å²) in [5.74, 6) is 0.166. The highest BCUT2D eigenvalue weighted by atomic mass is 28.4. The molecule has 0 aromatic heterocycles. The topological polar surface area (TPSA) is 55.8 Å². The molecular formula is C17H28O4Si. The average Bonchev–Trinajstić information content (AvgIpc) is 2.43. The third-order valence-corrected chi connectivity index (χ3v) is 10.4. The van der Waals surface area contributed by atoms with Gasteiger partial charge in [-0.3, -0.25) is 0 Å². The van der Waals surface area contributed by atoms with Crippen LogP contribution in [0.25, 0.3) is 0 Å². The van der Waals surface area contributed by atoms with E-state index in [4.69, 9.17) is 14.3 Å². The Morgan fingerprint density at radius 2 is 1.50 bits per heavy atom. The number of carbonyl (C=O) groups is 1. The molecule has 5 heteroatoms. The molecule has 1 aromatic carbocycles. The fraction of sp³-hybridized carbons (Fsp3) is 0.588. The fourth-order valence-electron chi connectivity index (χ4n) is 3.43. The third-order valence-electron chi connectivity index (χ3n) is 4.40. The van der Waals surface area contributed by atoms with Crippen molar-refractivity contribution in [3.05, 3.63) is 23.8 Å². The second-order valence-corrected chi connectivity index (χ2v) is 12.0.